The number of thiophene rings is 1. The molecule has 16 heavy (non-hydrogen) atoms. The van der Waals surface area contributed by atoms with E-state index in [4.69, 9.17) is 9.47 Å². The number of carbonyl (C=O) groups is 1. The van der Waals surface area contributed by atoms with Crippen molar-refractivity contribution in [2.45, 2.75) is 13.8 Å². The topological polar surface area (TPSA) is 35.5 Å². The molecule has 3 nitrogen and oxygen atoms in total. The van der Waals surface area contributed by atoms with Crippen LogP contribution in [0.4, 0.5) is 0 Å². The van der Waals surface area contributed by atoms with Gasteiger partial charge >= 0.3 is 5.97 Å². The molecular weight excluding hydrogens is 224 g/mol. The average molecular weight is 236 g/mol. The van der Waals surface area contributed by atoms with Gasteiger partial charge in [-0.2, -0.15) is 0 Å². The van der Waals surface area contributed by atoms with Gasteiger partial charge in [-0.05, 0) is 25.1 Å². The van der Waals surface area contributed by atoms with Crippen LogP contribution in [0.5, 0.6) is 11.5 Å². The Morgan fingerprint density at radius 2 is 2.25 bits per heavy atom. The van der Waals surface area contributed by atoms with Crippen molar-refractivity contribution in [3.63, 3.8) is 0 Å². The van der Waals surface area contributed by atoms with E-state index in [1.54, 1.807) is 11.3 Å². The van der Waals surface area contributed by atoms with Crippen LogP contribution in [0.25, 0.3) is 10.1 Å². The Labute approximate surface area is 97.6 Å². The molecule has 0 aliphatic rings. The number of rotatable bonds is 3. The summed E-state index contributed by atoms with van der Waals surface area (Å²) in [5, 5.41) is 2.76. The van der Waals surface area contributed by atoms with Gasteiger partial charge in [0.2, 0.25) is 0 Å². The molecule has 0 unspecified atom stereocenters. The fraction of sp³-hybridized carbons (Fsp3) is 0.250. The number of esters is 1. The molecule has 0 atom stereocenters. The van der Waals surface area contributed by atoms with Gasteiger partial charge in [0, 0.05) is 22.4 Å². The quantitative estimate of drug-likeness (QED) is 0.767. The summed E-state index contributed by atoms with van der Waals surface area (Å²) in [5.74, 6) is 1.09. The largest absolute Gasteiger partial charge is 0.494 e. The smallest absolute Gasteiger partial charge is 0.308 e. The molecule has 1 heterocycles. The number of hydrogen-bond acceptors (Lipinski definition) is 4. The summed E-state index contributed by atoms with van der Waals surface area (Å²) in [4.78, 5) is 10.9. The van der Waals surface area contributed by atoms with Crippen LogP contribution in [0.1, 0.15) is 13.8 Å². The Kier molecular flexibility index (Phi) is 3.10. The number of fused-ring (bicyclic) bond motifs is 1. The molecule has 1 aromatic carbocycles. The highest BCUT2D eigenvalue weighted by Crippen LogP contribution is 2.34. The van der Waals surface area contributed by atoms with Crippen molar-refractivity contribution in [1.82, 2.24) is 0 Å². The minimum Gasteiger partial charge on any atom is -0.494 e. The first kappa shape index (κ1) is 11.0. The van der Waals surface area contributed by atoms with Crippen molar-refractivity contribution in [3.05, 3.63) is 23.6 Å². The second-order valence-corrected chi connectivity index (χ2v) is 4.20. The average Bonchev–Trinajstić information content (AvgIpc) is 2.61. The van der Waals surface area contributed by atoms with E-state index in [1.807, 2.05) is 30.5 Å². The standard InChI is InChI=1S/C12H12O3S/c1-3-14-9-4-5-12-10(6-9)11(7-16-12)15-8(2)13/h4-7H,3H2,1-2H3. The fourth-order valence-electron chi connectivity index (χ4n) is 1.48. The molecule has 0 aliphatic carbocycles. The minimum absolute atomic E-state index is 0.304. The first-order chi connectivity index (χ1) is 7.70. The van der Waals surface area contributed by atoms with E-state index >= 15 is 0 Å². The van der Waals surface area contributed by atoms with Crippen molar-refractivity contribution in [3.8, 4) is 11.5 Å². The molecule has 0 bridgehead atoms. The van der Waals surface area contributed by atoms with E-state index in [2.05, 4.69) is 0 Å². The lowest BCUT2D eigenvalue weighted by molar-refractivity contribution is -0.131. The molecule has 0 N–H and O–H groups in total. The van der Waals surface area contributed by atoms with Gasteiger partial charge in [0.25, 0.3) is 0 Å². The molecule has 0 aliphatic heterocycles. The Balaban J connectivity index is 2.42. The molecule has 1 aromatic heterocycles. The van der Waals surface area contributed by atoms with E-state index in [9.17, 15) is 4.79 Å². The molecular formula is C12H12O3S. The van der Waals surface area contributed by atoms with Gasteiger partial charge in [0.1, 0.15) is 11.5 Å². The SMILES string of the molecule is CCOc1ccc2scc(OC(C)=O)c2c1. The lowest BCUT2D eigenvalue weighted by atomic mass is 10.2. The zero-order chi connectivity index (χ0) is 11.5. The predicted molar refractivity (Wildman–Crippen MR) is 64.3 cm³/mol. The lowest BCUT2D eigenvalue weighted by Crippen LogP contribution is -2.00. The fourth-order valence-corrected chi connectivity index (χ4v) is 2.32. The van der Waals surface area contributed by atoms with Crippen LogP contribution in [0.3, 0.4) is 0 Å². The highest BCUT2D eigenvalue weighted by atomic mass is 32.1. The van der Waals surface area contributed by atoms with Gasteiger partial charge in [-0.1, -0.05) is 0 Å². The van der Waals surface area contributed by atoms with Crippen molar-refractivity contribution in [2.75, 3.05) is 6.61 Å². The second kappa shape index (κ2) is 4.53. The molecule has 0 radical (unpaired) electrons. The van der Waals surface area contributed by atoms with E-state index in [0.29, 0.717) is 12.4 Å². The van der Waals surface area contributed by atoms with Crippen molar-refractivity contribution in [2.24, 2.45) is 0 Å². The lowest BCUT2D eigenvalue weighted by Gasteiger charge is -2.03. The summed E-state index contributed by atoms with van der Waals surface area (Å²) in [6, 6.07) is 5.78. The number of hydrogen-bond donors (Lipinski definition) is 0. The molecule has 0 fully saturated rings. The zero-order valence-electron chi connectivity index (χ0n) is 9.15. The number of benzene rings is 1. The van der Waals surface area contributed by atoms with Crippen LogP contribution < -0.4 is 9.47 Å². The molecule has 0 amide bonds. The van der Waals surface area contributed by atoms with Gasteiger partial charge < -0.3 is 9.47 Å². The first-order valence-electron chi connectivity index (χ1n) is 5.03. The van der Waals surface area contributed by atoms with Crippen LogP contribution in [0, 0.1) is 0 Å². The Bertz CT molecular complexity index is 516. The molecule has 84 valence electrons. The second-order valence-electron chi connectivity index (χ2n) is 3.28. The molecule has 0 saturated carbocycles. The van der Waals surface area contributed by atoms with E-state index in [0.717, 1.165) is 15.8 Å². The van der Waals surface area contributed by atoms with Crippen molar-refractivity contribution >= 4 is 27.4 Å². The summed E-state index contributed by atoms with van der Waals surface area (Å²) in [7, 11) is 0. The Morgan fingerprint density at radius 1 is 1.44 bits per heavy atom. The van der Waals surface area contributed by atoms with Crippen LogP contribution in [-0.2, 0) is 4.79 Å². The van der Waals surface area contributed by atoms with Crippen LogP contribution in [-0.4, -0.2) is 12.6 Å². The number of ether oxygens (including phenoxy) is 2. The van der Waals surface area contributed by atoms with E-state index in [1.165, 1.54) is 6.92 Å². The molecule has 4 heteroatoms. The van der Waals surface area contributed by atoms with Gasteiger partial charge in [0.05, 0.1) is 6.61 Å². The summed E-state index contributed by atoms with van der Waals surface area (Å²) < 4.78 is 11.6. The minimum atomic E-state index is -0.304. The summed E-state index contributed by atoms with van der Waals surface area (Å²) >= 11 is 1.55. The highest BCUT2D eigenvalue weighted by molar-refractivity contribution is 7.17. The summed E-state index contributed by atoms with van der Waals surface area (Å²) in [5.41, 5.74) is 0. The third-order valence-electron chi connectivity index (χ3n) is 2.07. The third kappa shape index (κ3) is 2.17. The van der Waals surface area contributed by atoms with E-state index in [-0.39, 0.29) is 5.97 Å². The van der Waals surface area contributed by atoms with Crippen LogP contribution >= 0.6 is 11.3 Å². The van der Waals surface area contributed by atoms with Gasteiger partial charge in [-0.25, -0.2) is 0 Å². The first-order valence-corrected chi connectivity index (χ1v) is 5.91. The van der Waals surface area contributed by atoms with Gasteiger partial charge in [-0.3, -0.25) is 4.79 Å². The molecule has 2 aromatic rings. The monoisotopic (exact) mass is 236 g/mol. The summed E-state index contributed by atoms with van der Waals surface area (Å²) in [6.45, 7) is 3.96. The normalized spacial score (nSPS) is 10.4. The van der Waals surface area contributed by atoms with Crippen molar-refractivity contribution in [1.29, 1.82) is 0 Å². The van der Waals surface area contributed by atoms with Crippen LogP contribution in [0.2, 0.25) is 0 Å². The van der Waals surface area contributed by atoms with Gasteiger partial charge in [-0.15, -0.1) is 11.3 Å². The van der Waals surface area contributed by atoms with Crippen molar-refractivity contribution < 1.29 is 14.3 Å². The number of carbonyl (C=O) groups excluding carboxylic acids is 1. The maximum atomic E-state index is 10.9. The highest BCUT2D eigenvalue weighted by Gasteiger charge is 2.08. The Hall–Kier alpha value is -1.55. The zero-order valence-corrected chi connectivity index (χ0v) is 9.97. The molecule has 0 saturated heterocycles. The third-order valence-corrected chi connectivity index (χ3v) is 3.02. The van der Waals surface area contributed by atoms with Crippen LogP contribution in [0.15, 0.2) is 23.6 Å². The maximum Gasteiger partial charge on any atom is 0.308 e. The Morgan fingerprint density at radius 3 is 2.94 bits per heavy atom. The maximum absolute atomic E-state index is 10.9. The summed E-state index contributed by atoms with van der Waals surface area (Å²) in [6.07, 6.45) is 0. The van der Waals surface area contributed by atoms with Gasteiger partial charge in [0.15, 0.2) is 0 Å². The molecule has 0 spiro atoms. The molecule has 2 rings (SSSR count). The predicted octanol–water partition coefficient (Wildman–Crippen LogP) is 3.23. The van der Waals surface area contributed by atoms with E-state index < -0.39 is 0 Å².